The van der Waals surface area contributed by atoms with Crippen molar-refractivity contribution in [1.82, 2.24) is 10.2 Å². The maximum Gasteiger partial charge on any atom is 0.331 e. The Bertz CT molecular complexity index is 1480. The van der Waals surface area contributed by atoms with Crippen LogP contribution in [0.15, 0.2) is 69.1 Å². The summed E-state index contributed by atoms with van der Waals surface area (Å²) in [6, 6.07) is 13.6. The quantitative estimate of drug-likeness (QED) is 0.198. The van der Waals surface area contributed by atoms with Crippen molar-refractivity contribution in [2.75, 3.05) is 13.7 Å². The van der Waals surface area contributed by atoms with Crippen LogP contribution in [0.5, 0.6) is 17.2 Å². The summed E-state index contributed by atoms with van der Waals surface area (Å²) in [4.78, 5) is 39.8. The summed E-state index contributed by atoms with van der Waals surface area (Å²) in [7, 11) is 1.50. The molecule has 0 atom stereocenters. The van der Waals surface area contributed by atoms with Crippen molar-refractivity contribution in [2.45, 2.75) is 26.5 Å². The SMILES string of the molecule is CCCOc1ccc(CN2C(=O)NC(=O)/C(=C\c3cc(Br)cc(Br)c3OCc3ccc(F)cc3)C2=O)cc1OC. The first-order valence-electron chi connectivity index (χ1n) is 12.2. The summed E-state index contributed by atoms with van der Waals surface area (Å²) < 4.78 is 31.6. The largest absolute Gasteiger partial charge is 0.493 e. The Kier molecular flexibility index (Phi) is 9.59. The number of nitrogens with zero attached hydrogens (tertiary/aromatic N) is 1. The standard InChI is InChI=1S/C29H25Br2FN2O6/c1-3-10-39-24-9-6-18(11-25(24)38-2)15-34-28(36)22(27(35)33-29(34)37)13-19-12-20(30)14-23(31)26(19)40-16-17-4-7-21(32)8-5-17/h4-9,11-14H,3,10,15-16H2,1-2H3,(H,33,35,37)/b22-13+. The highest BCUT2D eigenvalue weighted by molar-refractivity contribution is 9.11. The first-order chi connectivity index (χ1) is 19.2. The zero-order valence-electron chi connectivity index (χ0n) is 21.6. The maximum absolute atomic E-state index is 13.4. The molecule has 8 nitrogen and oxygen atoms in total. The number of carbonyl (C=O) groups excluding carboxylic acids is 3. The highest BCUT2D eigenvalue weighted by atomic mass is 79.9. The summed E-state index contributed by atoms with van der Waals surface area (Å²) >= 11 is 6.88. The van der Waals surface area contributed by atoms with Crippen molar-refractivity contribution in [3.8, 4) is 17.2 Å². The van der Waals surface area contributed by atoms with E-state index in [1.807, 2.05) is 6.92 Å². The number of rotatable bonds is 10. The van der Waals surface area contributed by atoms with Crippen molar-refractivity contribution in [3.63, 3.8) is 0 Å². The van der Waals surface area contributed by atoms with Crippen LogP contribution in [0.1, 0.15) is 30.0 Å². The van der Waals surface area contributed by atoms with Crippen molar-refractivity contribution in [1.29, 1.82) is 0 Å². The number of amides is 4. The highest BCUT2D eigenvalue weighted by Crippen LogP contribution is 2.36. The lowest BCUT2D eigenvalue weighted by Gasteiger charge is -2.27. The van der Waals surface area contributed by atoms with Gasteiger partial charge in [0.15, 0.2) is 11.5 Å². The molecule has 208 valence electrons. The summed E-state index contributed by atoms with van der Waals surface area (Å²) in [6.45, 7) is 2.51. The van der Waals surface area contributed by atoms with Gasteiger partial charge in [-0.3, -0.25) is 19.8 Å². The van der Waals surface area contributed by atoms with Crippen LogP contribution in [0.3, 0.4) is 0 Å². The average molecular weight is 676 g/mol. The number of benzene rings is 3. The molecule has 3 aromatic rings. The molecule has 0 radical (unpaired) electrons. The molecule has 0 saturated carbocycles. The summed E-state index contributed by atoms with van der Waals surface area (Å²) in [5.41, 5.74) is 1.49. The Morgan fingerprint density at radius 2 is 1.68 bits per heavy atom. The third-order valence-electron chi connectivity index (χ3n) is 5.85. The van der Waals surface area contributed by atoms with E-state index in [0.29, 0.717) is 43.9 Å². The highest BCUT2D eigenvalue weighted by Gasteiger charge is 2.36. The Balaban J connectivity index is 1.62. The van der Waals surface area contributed by atoms with E-state index >= 15 is 0 Å². The number of halogens is 3. The first kappa shape index (κ1) is 29.3. The number of methoxy groups -OCH3 is 1. The monoisotopic (exact) mass is 674 g/mol. The minimum Gasteiger partial charge on any atom is -0.493 e. The van der Waals surface area contributed by atoms with Gasteiger partial charge in [0.25, 0.3) is 11.8 Å². The van der Waals surface area contributed by atoms with E-state index in [-0.39, 0.29) is 24.5 Å². The summed E-state index contributed by atoms with van der Waals surface area (Å²) in [5, 5.41) is 2.23. The van der Waals surface area contributed by atoms with Gasteiger partial charge in [0, 0.05) is 10.0 Å². The van der Waals surface area contributed by atoms with Crippen LogP contribution in [-0.2, 0) is 22.7 Å². The van der Waals surface area contributed by atoms with Gasteiger partial charge in [-0.2, -0.15) is 0 Å². The molecular formula is C29H25Br2FN2O6. The molecule has 0 bridgehead atoms. The summed E-state index contributed by atoms with van der Waals surface area (Å²) in [6.07, 6.45) is 2.19. The fourth-order valence-corrected chi connectivity index (χ4v) is 5.27. The van der Waals surface area contributed by atoms with E-state index < -0.39 is 17.8 Å². The molecule has 1 N–H and O–H groups in total. The molecule has 0 unspecified atom stereocenters. The number of nitrogens with one attached hydrogen (secondary N) is 1. The lowest BCUT2D eigenvalue weighted by atomic mass is 10.1. The van der Waals surface area contributed by atoms with Gasteiger partial charge in [0.05, 0.1) is 24.7 Å². The topological polar surface area (TPSA) is 94.2 Å². The molecule has 4 rings (SSSR count). The molecule has 0 aliphatic carbocycles. The molecule has 1 aliphatic heterocycles. The molecule has 3 aromatic carbocycles. The molecule has 0 aromatic heterocycles. The van der Waals surface area contributed by atoms with Gasteiger partial charge in [-0.15, -0.1) is 0 Å². The fourth-order valence-electron chi connectivity index (χ4n) is 3.89. The predicted octanol–water partition coefficient (Wildman–Crippen LogP) is 6.39. The molecular weight excluding hydrogens is 651 g/mol. The van der Waals surface area contributed by atoms with Crippen LogP contribution in [-0.4, -0.2) is 36.5 Å². The van der Waals surface area contributed by atoms with E-state index in [0.717, 1.165) is 16.9 Å². The number of barbiturate groups is 1. The number of urea groups is 1. The predicted molar refractivity (Wildman–Crippen MR) is 153 cm³/mol. The van der Waals surface area contributed by atoms with Crippen molar-refractivity contribution in [2.24, 2.45) is 0 Å². The Labute approximate surface area is 247 Å². The number of carbonyl (C=O) groups is 3. The van der Waals surface area contributed by atoms with Gasteiger partial charge in [-0.1, -0.05) is 41.1 Å². The van der Waals surface area contributed by atoms with Crippen LogP contribution in [0.25, 0.3) is 6.08 Å². The van der Waals surface area contributed by atoms with E-state index in [9.17, 15) is 18.8 Å². The molecule has 11 heteroatoms. The smallest absolute Gasteiger partial charge is 0.331 e. The number of imide groups is 2. The molecule has 1 fully saturated rings. The molecule has 1 heterocycles. The third-order valence-corrected chi connectivity index (χ3v) is 6.90. The van der Waals surface area contributed by atoms with Crippen LogP contribution >= 0.6 is 31.9 Å². The second-order valence-corrected chi connectivity index (χ2v) is 10.5. The van der Waals surface area contributed by atoms with Crippen molar-refractivity contribution in [3.05, 3.63) is 91.6 Å². The minimum absolute atomic E-state index is 0.101. The van der Waals surface area contributed by atoms with Crippen LogP contribution in [0, 0.1) is 5.82 Å². The van der Waals surface area contributed by atoms with E-state index in [2.05, 4.69) is 37.2 Å². The third kappa shape index (κ3) is 6.89. The molecule has 0 spiro atoms. The first-order valence-corrected chi connectivity index (χ1v) is 13.8. The maximum atomic E-state index is 13.4. The van der Waals surface area contributed by atoms with E-state index in [1.165, 1.54) is 25.3 Å². The van der Waals surface area contributed by atoms with Gasteiger partial charge in [-0.25, -0.2) is 9.18 Å². The Morgan fingerprint density at radius 1 is 0.950 bits per heavy atom. The number of ether oxygens (including phenoxy) is 3. The fraction of sp³-hybridized carbons (Fsp3) is 0.207. The molecule has 40 heavy (non-hydrogen) atoms. The van der Waals surface area contributed by atoms with Crippen molar-refractivity contribution >= 4 is 55.8 Å². The lowest BCUT2D eigenvalue weighted by Crippen LogP contribution is -2.53. The second-order valence-electron chi connectivity index (χ2n) is 8.76. The Hall–Kier alpha value is -3.70. The van der Waals surface area contributed by atoms with Gasteiger partial charge in [-0.05, 0) is 76.0 Å². The number of hydrogen-bond donors (Lipinski definition) is 1. The summed E-state index contributed by atoms with van der Waals surface area (Å²) in [5.74, 6) is -0.584. The average Bonchev–Trinajstić information content (AvgIpc) is 2.92. The normalized spacial score (nSPS) is 14.4. The zero-order chi connectivity index (χ0) is 28.8. The lowest BCUT2D eigenvalue weighted by molar-refractivity contribution is -0.130. The zero-order valence-corrected chi connectivity index (χ0v) is 24.8. The van der Waals surface area contributed by atoms with Gasteiger partial charge >= 0.3 is 6.03 Å². The van der Waals surface area contributed by atoms with Gasteiger partial charge in [0.2, 0.25) is 0 Å². The van der Waals surface area contributed by atoms with Gasteiger partial charge < -0.3 is 14.2 Å². The minimum atomic E-state index is -0.833. The molecule has 4 amide bonds. The van der Waals surface area contributed by atoms with Crippen molar-refractivity contribution < 1.29 is 33.0 Å². The number of hydrogen-bond acceptors (Lipinski definition) is 6. The van der Waals surface area contributed by atoms with Crippen LogP contribution < -0.4 is 19.5 Å². The molecule has 1 saturated heterocycles. The van der Waals surface area contributed by atoms with E-state index in [4.69, 9.17) is 14.2 Å². The van der Waals surface area contributed by atoms with E-state index in [1.54, 1.807) is 42.5 Å². The Morgan fingerprint density at radius 3 is 2.38 bits per heavy atom. The van der Waals surface area contributed by atoms with Crippen LogP contribution in [0.2, 0.25) is 0 Å². The molecule has 1 aliphatic rings. The van der Waals surface area contributed by atoms with Gasteiger partial charge in [0.1, 0.15) is 23.7 Å². The second kappa shape index (κ2) is 13.1. The van der Waals surface area contributed by atoms with Crippen LogP contribution in [0.4, 0.5) is 9.18 Å².